The number of rotatable bonds is 5. The van der Waals surface area contributed by atoms with Gasteiger partial charge in [0, 0.05) is 0 Å². The minimum Gasteiger partial charge on any atom is -0.388 e. The first kappa shape index (κ1) is 13.0. The van der Waals surface area contributed by atoms with Crippen molar-refractivity contribution >= 4 is 0 Å². The number of allylic oxidation sites excluding steroid dienone is 1. The van der Waals surface area contributed by atoms with Gasteiger partial charge >= 0.3 is 0 Å². The van der Waals surface area contributed by atoms with E-state index in [2.05, 4.69) is 32.9 Å². The monoisotopic (exact) mass is 218 g/mol. The summed E-state index contributed by atoms with van der Waals surface area (Å²) in [4.78, 5) is 0. The molecule has 0 aromatic heterocycles. The van der Waals surface area contributed by atoms with Gasteiger partial charge in [-0.3, -0.25) is 0 Å². The van der Waals surface area contributed by atoms with Gasteiger partial charge in [0.05, 0.1) is 6.10 Å². The van der Waals surface area contributed by atoms with Crippen LogP contribution in [0.2, 0.25) is 0 Å². The molecule has 0 heterocycles. The summed E-state index contributed by atoms with van der Waals surface area (Å²) in [5.41, 5.74) is 0.990. The van der Waals surface area contributed by atoms with Crippen molar-refractivity contribution in [2.24, 2.45) is 11.8 Å². The number of aliphatic hydroxyl groups excluding tert-OH is 1. The molecule has 0 fully saturated rings. The highest BCUT2D eigenvalue weighted by Gasteiger charge is 2.05. The van der Waals surface area contributed by atoms with Gasteiger partial charge in [-0.2, -0.15) is 0 Å². The second-order valence-electron chi connectivity index (χ2n) is 4.69. The average Bonchev–Trinajstić information content (AvgIpc) is 2.29. The summed E-state index contributed by atoms with van der Waals surface area (Å²) in [7, 11) is 0. The summed E-state index contributed by atoms with van der Waals surface area (Å²) >= 11 is 0. The Balaban J connectivity index is 2.44. The average molecular weight is 218 g/mol. The van der Waals surface area contributed by atoms with Crippen LogP contribution < -0.4 is 0 Å². The normalized spacial score (nSPS) is 15.6. The Bertz CT molecular complexity index is 313. The highest BCUT2D eigenvalue weighted by Crippen LogP contribution is 2.18. The van der Waals surface area contributed by atoms with Crippen molar-refractivity contribution < 1.29 is 5.11 Å². The summed E-state index contributed by atoms with van der Waals surface area (Å²) in [5, 5.41) is 9.92. The zero-order valence-corrected chi connectivity index (χ0v) is 10.4. The molecule has 1 aromatic carbocycles. The van der Waals surface area contributed by atoms with Crippen LogP contribution >= 0.6 is 0 Å². The highest BCUT2D eigenvalue weighted by atomic mass is 16.3. The molecule has 0 aliphatic carbocycles. The molecule has 0 saturated heterocycles. The molecule has 0 aliphatic rings. The standard InChI is InChI=1S/C15H22O/c1-12(2)13(3)8-7-11-15(16)14-9-5-4-6-10-14/h4-10,12-13,15-16H,11H2,1-3H3/b8-7+. The molecular weight excluding hydrogens is 196 g/mol. The maximum atomic E-state index is 9.92. The molecule has 0 amide bonds. The van der Waals surface area contributed by atoms with Gasteiger partial charge in [-0.05, 0) is 23.8 Å². The number of benzene rings is 1. The van der Waals surface area contributed by atoms with Crippen LogP contribution in [0.15, 0.2) is 42.5 Å². The van der Waals surface area contributed by atoms with Crippen LogP contribution in [-0.2, 0) is 0 Å². The van der Waals surface area contributed by atoms with Crippen LogP contribution in [0.4, 0.5) is 0 Å². The molecule has 0 spiro atoms. The van der Waals surface area contributed by atoms with Crippen LogP contribution in [0.3, 0.4) is 0 Å². The fourth-order valence-corrected chi connectivity index (χ4v) is 1.46. The molecule has 2 atom stereocenters. The Morgan fingerprint density at radius 3 is 2.31 bits per heavy atom. The first-order valence-corrected chi connectivity index (χ1v) is 6.01. The maximum absolute atomic E-state index is 9.92. The summed E-state index contributed by atoms with van der Waals surface area (Å²) in [5.74, 6) is 1.23. The molecule has 0 radical (unpaired) electrons. The molecule has 0 bridgehead atoms. The minimum atomic E-state index is -0.378. The van der Waals surface area contributed by atoms with E-state index in [0.29, 0.717) is 18.3 Å². The molecule has 2 unspecified atom stereocenters. The highest BCUT2D eigenvalue weighted by molar-refractivity contribution is 5.17. The lowest BCUT2D eigenvalue weighted by molar-refractivity contribution is 0.181. The Kier molecular flexibility index (Phi) is 5.27. The van der Waals surface area contributed by atoms with Crippen LogP contribution in [-0.4, -0.2) is 5.11 Å². The SMILES string of the molecule is CC(C)C(C)/C=C/CC(O)c1ccccc1. The van der Waals surface area contributed by atoms with Crippen molar-refractivity contribution in [1.82, 2.24) is 0 Å². The van der Waals surface area contributed by atoms with Gasteiger partial charge in [0.1, 0.15) is 0 Å². The molecule has 0 saturated carbocycles. The van der Waals surface area contributed by atoms with Gasteiger partial charge in [-0.25, -0.2) is 0 Å². The van der Waals surface area contributed by atoms with E-state index >= 15 is 0 Å². The molecule has 1 heteroatoms. The van der Waals surface area contributed by atoms with Gasteiger partial charge in [0.15, 0.2) is 0 Å². The van der Waals surface area contributed by atoms with E-state index in [-0.39, 0.29) is 6.10 Å². The van der Waals surface area contributed by atoms with Gasteiger partial charge in [0.2, 0.25) is 0 Å². The lowest BCUT2D eigenvalue weighted by atomic mass is 9.97. The Labute approximate surface area is 98.8 Å². The lowest BCUT2D eigenvalue weighted by Crippen LogP contribution is -2.00. The van der Waals surface area contributed by atoms with Crippen LogP contribution in [0.5, 0.6) is 0 Å². The lowest BCUT2D eigenvalue weighted by Gasteiger charge is -2.11. The predicted octanol–water partition coefficient (Wildman–Crippen LogP) is 3.96. The summed E-state index contributed by atoms with van der Waals surface area (Å²) in [6.07, 6.45) is 4.59. The fraction of sp³-hybridized carbons (Fsp3) is 0.467. The Hall–Kier alpha value is -1.08. The predicted molar refractivity (Wildman–Crippen MR) is 69.2 cm³/mol. The van der Waals surface area contributed by atoms with E-state index in [1.54, 1.807) is 0 Å². The van der Waals surface area contributed by atoms with E-state index < -0.39 is 0 Å². The third kappa shape index (κ3) is 4.19. The number of hydrogen-bond acceptors (Lipinski definition) is 1. The third-order valence-corrected chi connectivity index (χ3v) is 3.03. The maximum Gasteiger partial charge on any atom is 0.0824 e. The largest absolute Gasteiger partial charge is 0.388 e. The van der Waals surface area contributed by atoms with Crippen molar-refractivity contribution in [2.45, 2.75) is 33.3 Å². The first-order valence-electron chi connectivity index (χ1n) is 6.01. The van der Waals surface area contributed by atoms with Crippen molar-refractivity contribution in [3.8, 4) is 0 Å². The molecule has 1 nitrogen and oxygen atoms in total. The van der Waals surface area contributed by atoms with Crippen LogP contribution in [0.25, 0.3) is 0 Å². The van der Waals surface area contributed by atoms with Gasteiger partial charge < -0.3 is 5.11 Å². The molecule has 1 N–H and O–H groups in total. The first-order chi connectivity index (χ1) is 7.61. The third-order valence-electron chi connectivity index (χ3n) is 3.03. The van der Waals surface area contributed by atoms with E-state index in [0.717, 1.165) is 5.56 Å². The second kappa shape index (κ2) is 6.49. The van der Waals surface area contributed by atoms with Crippen molar-refractivity contribution in [2.75, 3.05) is 0 Å². The van der Waals surface area contributed by atoms with Gasteiger partial charge in [-0.1, -0.05) is 63.3 Å². The molecule has 1 aromatic rings. The fourth-order valence-electron chi connectivity index (χ4n) is 1.46. The smallest absolute Gasteiger partial charge is 0.0824 e. The van der Waals surface area contributed by atoms with E-state index in [1.165, 1.54) is 0 Å². The quantitative estimate of drug-likeness (QED) is 0.742. The number of hydrogen-bond donors (Lipinski definition) is 1. The van der Waals surface area contributed by atoms with Gasteiger partial charge in [-0.15, -0.1) is 0 Å². The van der Waals surface area contributed by atoms with Gasteiger partial charge in [0.25, 0.3) is 0 Å². The zero-order chi connectivity index (χ0) is 12.0. The van der Waals surface area contributed by atoms with Crippen molar-refractivity contribution in [3.05, 3.63) is 48.0 Å². The zero-order valence-electron chi connectivity index (χ0n) is 10.4. The van der Waals surface area contributed by atoms with E-state index in [9.17, 15) is 5.11 Å². The van der Waals surface area contributed by atoms with E-state index in [4.69, 9.17) is 0 Å². The molecule has 1 rings (SSSR count). The Morgan fingerprint density at radius 2 is 1.75 bits per heavy atom. The summed E-state index contributed by atoms with van der Waals surface area (Å²) in [6.45, 7) is 6.63. The number of aliphatic hydroxyl groups is 1. The topological polar surface area (TPSA) is 20.2 Å². The molecule has 88 valence electrons. The summed E-state index contributed by atoms with van der Waals surface area (Å²) in [6, 6.07) is 9.81. The molecular formula is C15H22O. The molecule has 16 heavy (non-hydrogen) atoms. The van der Waals surface area contributed by atoms with Crippen LogP contribution in [0, 0.1) is 11.8 Å². The Morgan fingerprint density at radius 1 is 1.12 bits per heavy atom. The van der Waals surface area contributed by atoms with Crippen molar-refractivity contribution in [1.29, 1.82) is 0 Å². The summed E-state index contributed by atoms with van der Waals surface area (Å²) < 4.78 is 0. The second-order valence-corrected chi connectivity index (χ2v) is 4.69. The molecule has 0 aliphatic heterocycles. The van der Waals surface area contributed by atoms with E-state index in [1.807, 2.05) is 30.3 Å². The minimum absolute atomic E-state index is 0.378. The van der Waals surface area contributed by atoms with Crippen molar-refractivity contribution in [3.63, 3.8) is 0 Å². The van der Waals surface area contributed by atoms with Crippen LogP contribution in [0.1, 0.15) is 38.9 Å².